The normalized spacial score (nSPS) is 26.1. The Morgan fingerprint density at radius 1 is 1.35 bits per heavy atom. The maximum atomic E-state index is 13.0. The first-order valence-electron chi connectivity index (χ1n) is 5.86. The largest absolute Gasteiger partial charge is 0.373 e. The average Bonchev–Trinajstić information content (AvgIpc) is 2.21. The van der Waals surface area contributed by atoms with Gasteiger partial charge in [-0.1, -0.05) is 22.0 Å². The number of hydrogen-bond acceptors (Lipinski definition) is 2. The Labute approximate surface area is 110 Å². The minimum absolute atomic E-state index is 0.204. The predicted molar refractivity (Wildman–Crippen MR) is 69.4 cm³/mol. The number of morpholine rings is 1. The van der Waals surface area contributed by atoms with Crippen LogP contribution >= 0.6 is 15.9 Å². The van der Waals surface area contributed by atoms with Crippen LogP contribution < -0.4 is 0 Å². The molecule has 0 spiro atoms. The second kappa shape index (κ2) is 5.46. The summed E-state index contributed by atoms with van der Waals surface area (Å²) in [5, 5.41) is 0. The Morgan fingerprint density at radius 2 is 2.00 bits per heavy atom. The smallest absolute Gasteiger partial charge is 0.124 e. The van der Waals surface area contributed by atoms with Crippen molar-refractivity contribution in [3.63, 3.8) is 0 Å². The van der Waals surface area contributed by atoms with E-state index in [0.29, 0.717) is 0 Å². The fourth-order valence-corrected chi connectivity index (χ4v) is 2.78. The highest BCUT2D eigenvalue weighted by molar-refractivity contribution is 9.10. The molecule has 2 rings (SSSR count). The van der Waals surface area contributed by atoms with Gasteiger partial charge >= 0.3 is 0 Å². The lowest BCUT2D eigenvalue weighted by atomic mass is 10.1. The average molecular weight is 302 g/mol. The minimum atomic E-state index is -0.204. The van der Waals surface area contributed by atoms with E-state index in [1.165, 1.54) is 12.1 Å². The van der Waals surface area contributed by atoms with Crippen molar-refractivity contribution in [2.24, 2.45) is 0 Å². The lowest BCUT2D eigenvalue weighted by Crippen LogP contribution is -2.44. The van der Waals surface area contributed by atoms with E-state index in [-0.39, 0.29) is 18.0 Å². The van der Waals surface area contributed by atoms with Gasteiger partial charge in [0.15, 0.2) is 0 Å². The highest BCUT2D eigenvalue weighted by atomic mass is 79.9. The molecule has 1 fully saturated rings. The van der Waals surface area contributed by atoms with E-state index in [9.17, 15) is 4.39 Å². The molecule has 1 aromatic rings. The number of benzene rings is 1. The first-order valence-corrected chi connectivity index (χ1v) is 6.65. The molecule has 2 nitrogen and oxygen atoms in total. The van der Waals surface area contributed by atoms with Crippen molar-refractivity contribution in [3.05, 3.63) is 34.1 Å². The molecule has 0 unspecified atom stereocenters. The highest BCUT2D eigenvalue weighted by Gasteiger charge is 2.22. The van der Waals surface area contributed by atoms with Crippen molar-refractivity contribution in [1.82, 2.24) is 4.90 Å². The first kappa shape index (κ1) is 13.0. The molecule has 1 aliphatic heterocycles. The quantitative estimate of drug-likeness (QED) is 0.832. The molecule has 0 N–H and O–H groups in total. The molecule has 1 saturated heterocycles. The molecule has 0 amide bonds. The van der Waals surface area contributed by atoms with Crippen LogP contribution in [0.2, 0.25) is 0 Å². The Morgan fingerprint density at radius 3 is 2.59 bits per heavy atom. The van der Waals surface area contributed by atoms with Crippen molar-refractivity contribution in [2.75, 3.05) is 13.1 Å². The van der Waals surface area contributed by atoms with Gasteiger partial charge in [-0.05, 0) is 31.5 Å². The summed E-state index contributed by atoms with van der Waals surface area (Å²) < 4.78 is 19.5. The highest BCUT2D eigenvalue weighted by Crippen LogP contribution is 2.21. The predicted octanol–water partition coefficient (Wildman–Crippen LogP) is 3.20. The molecule has 1 heterocycles. The molecule has 2 atom stereocenters. The van der Waals surface area contributed by atoms with Crippen LogP contribution in [0.4, 0.5) is 4.39 Å². The number of hydrogen-bond donors (Lipinski definition) is 0. The molecule has 4 heteroatoms. The summed E-state index contributed by atoms with van der Waals surface area (Å²) in [5.74, 6) is -0.204. The van der Waals surface area contributed by atoms with Crippen LogP contribution in [0.25, 0.3) is 0 Å². The zero-order valence-corrected chi connectivity index (χ0v) is 11.7. The van der Waals surface area contributed by atoms with Crippen LogP contribution in [0.1, 0.15) is 19.4 Å². The second-order valence-corrected chi connectivity index (χ2v) is 5.54. The lowest BCUT2D eigenvalue weighted by molar-refractivity contribution is -0.0705. The van der Waals surface area contributed by atoms with Gasteiger partial charge in [0.25, 0.3) is 0 Å². The summed E-state index contributed by atoms with van der Waals surface area (Å²) in [5.41, 5.74) is 1.12. The summed E-state index contributed by atoms with van der Waals surface area (Å²) in [4.78, 5) is 2.34. The van der Waals surface area contributed by atoms with Crippen LogP contribution in [0, 0.1) is 5.82 Å². The van der Waals surface area contributed by atoms with E-state index < -0.39 is 0 Å². The summed E-state index contributed by atoms with van der Waals surface area (Å²) in [6.07, 6.45) is 0.524. The minimum Gasteiger partial charge on any atom is -0.373 e. The van der Waals surface area contributed by atoms with Crippen molar-refractivity contribution < 1.29 is 9.13 Å². The van der Waals surface area contributed by atoms with Crippen LogP contribution in [-0.2, 0) is 11.3 Å². The molecule has 0 bridgehead atoms. The number of rotatable bonds is 2. The van der Waals surface area contributed by atoms with E-state index in [1.54, 1.807) is 0 Å². The molecule has 1 aliphatic rings. The summed E-state index contributed by atoms with van der Waals surface area (Å²) in [6.45, 7) is 6.85. The molecule has 0 saturated carbocycles. The van der Waals surface area contributed by atoms with Gasteiger partial charge in [0.1, 0.15) is 5.82 Å². The van der Waals surface area contributed by atoms with Crippen molar-refractivity contribution >= 4 is 15.9 Å². The van der Waals surface area contributed by atoms with E-state index in [2.05, 4.69) is 34.7 Å². The fraction of sp³-hybridized carbons (Fsp3) is 0.538. The molecule has 0 aliphatic carbocycles. The lowest BCUT2D eigenvalue weighted by Gasteiger charge is -2.35. The molecular weight excluding hydrogens is 285 g/mol. The third-order valence-corrected chi connectivity index (χ3v) is 3.64. The standard InChI is InChI=1S/C13H17BrFNO/c1-9-6-16(7-10(2)17-9)8-11-3-4-12(15)5-13(11)14/h3-5,9-10H,6-8H2,1-2H3/t9-,10+. The molecular formula is C13H17BrFNO. The third-order valence-electron chi connectivity index (χ3n) is 2.90. The third kappa shape index (κ3) is 3.50. The Bertz CT molecular complexity index is 389. The van der Waals surface area contributed by atoms with Crippen molar-refractivity contribution in [1.29, 1.82) is 0 Å². The van der Waals surface area contributed by atoms with Crippen LogP contribution in [0.3, 0.4) is 0 Å². The van der Waals surface area contributed by atoms with Gasteiger partial charge in [-0.15, -0.1) is 0 Å². The van der Waals surface area contributed by atoms with Gasteiger partial charge in [-0.2, -0.15) is 0 Å². The van der Waals surface area contributed by atoms with Crippen LogP contribution in [0.5, 0.6) is 0 Å². The van der Waals surface area contributed by atoms with E-state index in [0.717, 1.165) is 29.7 Å². The maximum Gasteiger partial charge on any atom is 0.124 e. The molecule has 0 aromatic heterocycles. The van der Waals surface area contributed by atoms with Gasteiger partial charge < -0.3 is 4.74 Å². The second-order valence-electron chi connectivity index (χ2n) is 4.69. The van der Waals surface area contributed by atoms with Gasteiger partial charge in [-0.25, -0.2) is 4.39 Å². The van der Waals surface area contributed by atoms with Gasteiger partial charge in [0.2, 0.25) is 0 Å². The maximum absolute atomic E-state index is 13.0. The van der Waals surface area contributed by atoms with Gasteiger partial charge in [0.05, 0.1) is 12.2 Å². The monoisotopic (exact) mass is 301 g/mol. The fourth-order valence-electron chi connectivity index (χ4n) is 2.30. The Kier molecular flexibility index (Phi) is 4.17. The zero-order chi connectivity index (χ0) is 12.4. The number of nitrogens with zero attached hydrogens (tertiary/aromatic N) is 1. The zero-order valence-electron chi connectivity index (χ0n) is 10.1. The first-order chi connectivity index (χ1) is 8.04. The van der Waals surface area contributed by atoms with E-state index in [1.807, 2.05) is 6.07 Å². The van der Waals surface area contributed by atoms with E-state index in [4.69, 9.17) is 4.74 Å². The van der Waals surface area contributed by atoms with Crippen molar-refractivity contribution in [2.45, 2.75) is 32.6 Å². The number of ether oxygens (including phenoxy) is 1. The van der Waals surface area contributed by atoms with Crippen molar-refractivity contribution in [3.8, 4) is 0 Å². The molecule has 1 aromatic carbocycles. The Hall–Kier alpha value is -0.450. The van der Waals surface area contributed by atoms with E-state index >= 15 is 0 Å². The summed E-state index contributed by atoms with van der Waals surface area (Å²) in [6, 6.07) is 4.86. The molecule has 0 radical (unpaired) electrons. The van der Waals surface area contributed by atoms with Gasteiger partial charge in [-0.3, -0.25) is 4.90 Å². The summed E-state index contributed by atoms with van der Waals surface area (Å²) >= 11 is 3.41. The van der Waals surface area contributed by atoms with Crippen LogP contribution in [0.15, 0.2) is 22.7 Å². The Balaban J connectivity index is 2.04. The SMILES string of the molecule is C[C@@H]1CN(Cc2ccc(F)cc2Br)C[C@H](C)O1. The van der Waals surface area contributed by atoms with Gasteiger partial charge in [0, 0.05) is 24.1 Å². The summed E-state index contributed by atoms with van der Waals surface area (Å²) in [7, 11) is 0. The molecule has 94 valence electrons. The number of halogens is 2. The van der Waals surface area contributed by atoms with Crippen LogP contribution in [-0.4, -0.2) is 30.2 Å². The topological polar surface area (TPSA) is 12.5 Å². The molecule has 17 heavy (non-hydrogen) atoms.